The van der Waals surface area contributed by atoms with E-state index in [1.165, 1.54) is 25.5 Å². The van der Waals surface area contributed by atoms with Crippen molar-refractivity contribution in [2.24, 2.45) is 5.92 Å². The van der Waals surface area contributed by atoms with Crippen molar-refractivity contribution in [3.8, 4) is 0 Å². The zero-order chi connectivity index (χ0) is 7.84. The van der Waals surface area contributed by atoms with Crippen LogP contribution in [0.25, 0.3) is 0 Å². The van der Waals surface area contributed by atoms with Crippen LogP contribution in [-0.2, 0) is 9.53 Å². The molecule has 0 aromatic heterocycles. The Hall–Kier alpha value is -0.790. The molecule has 0 bridgehead atoms. The second-order valence-electron chi connectivity index (χ2n) is 3.27. The Morgan fingerprint density at radius 2 is 2.18 bits per heavy atom. The van der Waals surface area contributed by atoms with E-state index in [1.807, 2.05) is 0 Å². The monoisotopic (exact) mass is 152 g/mol. The molecule has 0 amide bonds. The summed E-state index contributed by atoms with van der Waals surface area (Å²) in [6, 6.07) is 0. The van der Waals surface area contributed by atoms with Crippen LogP contribution in [0.15, 0.2) is 11.1 Å². The Balaban J connectivity index is 2.12. The van der Waals surface area contributed by atoms with Crippen LogP contribution in [0.5, 0.6) is 0 Å². The van der Waals surface area contributed by atoms with Gasteiger partial charge < -0.3 is 4.74 Å². The van der Waals surface area contributed by atoms with Crippen molar-refractivity contribution in [3.63, 3.8) is 0 Å². The standard InChI is InChI=1S/C9H12O2/c1-11-9(10)8-5-4-7(8)6-2-3-6/h6H,2-5H2,1H3. The first-order chi connectivity index (χ1) is 5.33. The Bertz CT molecular complexity index is 224. The van der Waals surface area contributed by atoms with Crippen LogP contribution in [0.4, 0.5) is 0 Å². The van der Waals surface area contributed by atoms with Crippen LogP contribution < -0.4 is 0 Å². The minimum absolute atomic E-state index is 0.0989. The summed E-state index contributed by atoms with van der Waals surface area (Å²) in [7, 11) is 1.46. The molecule has 0 heterocycles. The average Bonchev–Trinajstić information content (AvgIpc) is 2.69. The van der Waals surface area contributed by atoms with Crippen molar-refractivity contribution in [2.75, 3.05) is 7.11 Å². The highest BCUT2D eigenvalue weighted by Gasteiger charge is 2.35. The minimum Gasteiger partial charge on any atom is -0.466 e. The topological polar surface area (TPSA) is 26.3 Å². The van der Waals surface area contributed by atoms with E-state index in [4.69, 9.17) is 0 Å². The van der Waals surface area contributed by atoms with Crippen LogP contribution in [0.2, 0.25) is 0 Å². The molecule has 0 spiro atoms. The maximum Gasteiger partial charge on any atom is 0.333 e. The molecule has 2 aliphatic carbocycles. The van der Waals surface area contributed by atoms with Gasteiger partial charge in [0.25, 0.3) is 0 Å². The molecule has 2 rings (SSSR count). The van der Waals surface area contributed by atoms with Crippen molar-refractivity contribution in [1.29, 1.82) is 0 Å². The van der Waals surface area contributed by atoms with Crippen molar-refractivity contribution >= 4 is 5.97 Å². The molecule has 0 unspecified atom stereocenters. The molecule has 1 saturated carbocycles. The number of esters is 1. The highest BCUT2D eigenvalue weighted by atomic mass is 16.5. The number of ether oxygens (including phenoxy) is 1. The summed E-state index contributed by atoms with van der Waals surface area (Å²) in [6.07, 6.45) is 4.65. The highest BCUT2D eigenvalue weighted by molar-refractivity contribution is 5.91. The largest absolute Gasteiger partial charge is 0.466 e. The van der Waals surface area contributed by atoms with Crippen LogP contribution in [0.1, 0.15) is 25.7 Å². The fourth-order valence-electron chi connectivity index (χ4n) is 1.63. The summed E-state index contributed by atoms with van der Waals surface area (Å²) >= 11 is 0. The number of methoxy groups -OCH3 is 1. The molecule has 0 aromatic rings. The Morgan fingerprint density at radius 1 is 1.45 bits per heavy atom. The van der Waals surface area contributed by atoms with Gasteiger partial charge in [-0.05, 0) is 31.6 Å². The summed E-state index contributed by atoms with van der Waals surface area (Å²) in [6.45, 7) is 0. The summed E-state index contributed by atoms with van der Waals surface area (Å²) in [5, 5.41) is 0. The lowest BCUT2D eigenvalue weighted by molar-refractivity contribution is -0.136. The molecular formula is C9H12O2. The zero-order valence-corrected chi connectivity index (χ0v) is 6.72. The van der Waals surface area contributed by atoms with E-state index >= 15 is 0 Å². The van der Waals surface area contributed by atoms with Crippen molar-refractivity contribution < 1.29 is 9.53 Å². The fourth-order valence-corrected chi connectivity index (χ4v) is 1.63. The third kappa shape index (κ3) is 1.06. The molecule has 2 heteroatoms. The first kappa shape index (κ1) is 6.89. The lowest BCUT2D eigenvalue weighted by atomic mass is 9.85. The molecule has 0 aliphatic heterocycles. The second-order valence-corrected chi connectivity index (χ2v) is 3.27. The minimum atomic E-state index is -0.0989. The zero-order valence-electron chi connectivity index (χ0n) is 6.72. The smallest absolute Gasteiger partial charge is 0.333 e. The third-order valence-electron chi connectivity index (χ3n) is 2.53. The fraction of sp³-hybridized carbons (Fsp3) is 0.667. The van der Waals surface area contributed by atoms with E-state index in [-0.39, 0.29) is 5.97 Å². The van der Waals surface area contributed by atoms with Gasteiger partial charge in [-0.1, -0.05) is 5.57 Å². The number of hydrogen-bond donors (Lipinski definition) is 0. The molecule has 11 heavy (non-hydrogen) atoms. The predicted molar refractivity (Wildman–Crippen MR) is 41.0 cm³/mol. The van der Waals surface area contributed by atoms with E-state index in [1.54, 1.807) is 0 Å². The third-order valence-corrected chi connectivity index (χ3v) is 2.53. The van der Waals surface area contributed by atoms with Crippen molar-refractivity contribution in [2.45, 2.75) is 25.7 Å². The Kier molecular flexibility index (Phi) is 1.48. The van der Waals surface area contributed by atoms with E-state index in [9.17, 15) is 4.79 Å². The Morgan fingerprint density at radius 3 is 2.55 bits per heavy atom. The molecule has 0 atom stereocenters. The van der Waals surface area contributed by atoms with E-state index in [0.29, 0.717) is 0 Å². The van der Waals surface area contributed by atoms with Gasteiger partial charge in [0.15, 0.2) is 0 Å². The lowest BCUT2D eigenvalue weighted by Gasteiger charge is -2.21. The molecule has 60 valence electrons. The summed E-state index contributed by atoms with van der Waals surface area (Å²) in [4.78, 5) is 11.1. The number of carbonyl (C=O) groups excluding carboxylic acids is 1. The van der Waals surface area contributed by atoms with Gasteiger partial charge in [-0.3, -0.25) is 0 Å². The van der Waals surface area contributed by atoms with Crippen molar-refractivity contribution in [3.05, 3.63) is 11.1 Å². The van der Waals surface area contributed by atoms with Gasteiger partial charge >= 0.3 is 5.97 Å². The van der Waals surface area contributed by atoms with Gasteiger partial charge in [0.1, 0.15) is 0 Å². The molecule has 0 N–H and O–H groups in total. The van der Waals surface area contributed by atoms with Gasteiger partial charge in [-0.25, -0.2) is 4.79 Å². The maximum absolute atomic E-state index is 11.1. The van der Waals surface area contributed by atoms with Crippen LogP contribution in [0.3, 0.4) is 0 Å². The van der Waals surface area contributed by atoms with Gasteiger partial charge in [-0.2, -0.15) is 0 Å². The predicted octanol–water partition coefficient (Wildman–Crippen LogP) is 1.66. The molecule has 0 radical (unpaired) electrons. The van der Waals surface area contributed by atoms with Crippen LogP contribution >= 0.6 is 0 Å². The summed E-state index contributed by atoms with van der Waals surface area (Å²) < 4.78 is 4.67. The van der Waals surface area contributed by atoms with E-state index < -0.39 is 0 Å². The van der Waals surface area contributed by atoms with Crippen LogP contribution in [-0.4, -0.2) is 13.1 Å². The molecule has 0 saturated heterocycles. The van der Waals surface area contributed by atoms with Gasteiger partial charge in [0, 0.05) is 5.57 Å². The number of hydrogen-bond acceptors (Lipinski definition) is 2. The van der Waals surface area contributed by atoms with E-state index in [0.717, 1.165) is 24.3 Å². The average molecular weight is 152 g/mol. The van der Waals surface area contributed by atoms with Gasteiger partial charge in [0.05, 0.1) is 7.11 Å². The molecule has 0 aromatic carbocycles. The van der Waals surface area contributed by atoms with Gasteiger partial charge in [0.2, 0.25) is 0 Å². The number of allylic oxidation sites excluding steroid dienone is 1. The molecule has 1 fully saturated rings. The van der Waals surface area contributed by atoms with Gasteiger partial charge in [-0.15, -0.1) is 0 Å². The second kappa shape index (κ2) is 2.36. The highest BCUT2D eigenvalue weighted by Crippen LogP contribution is 2.46. The maximum atomic E-state index is 11.1. The van der Waals surface area contributed by atoms with E-state index in [2.05, 4.69) is 4.74 Å². The normalized spacial score (nSPS) is 23.0. The first-order valence-corrected chi connectivity index (χ1v) is 4.13. The van der Waals surface area contributed by atoms with Crippen LogP contribution in [0, 0.1) is 5.92 Å². The number of carbonyl (C=O) groups is 1. The lowest BCUT2D eigenvalue weighted by Crippen LogP contribution is -2.16. The molecule has 2 aliphatic rings. The molecular weight excluding hydrogens is 140 g/mol. The quantitative estimate of drug-likeness (QED) is 0.562. The SMILES string of the molecule is COC(=O)C1=C(C2CC2)CC1. The number of rotatable bonds is 2. The van der Waals surface area contributed by atoms with Crippen molar-refractivity contribution in [1.82, 2.24) is 0 Å². The first-order valence-electron chi connectivity index (χ1n) is 4.13. The summed E-state index contributed by atoms with van der Waals surface area (Å²) in [5.41, 5.74) is 2.35. The summed E-state index contributed by atoms with van der Waals surface area (Å²) in [5.74, 6) is 0.649. The Labute approximate surface area is 66.2 Å². The molecule has 2 nitrogen and oxygen atoms in total.